The van der Waals surface area contributed by atoms with Crippen molar-refractivity contribution < 1.29 is 28.9 Å². The molecule has 14 atom stereocenters. The number of ether oxygens (including phenoxy) is 4. The summed E-state index contributed by atoms with van der Waals surface area (Å²) in [6.45, 7) is 15.1. The van der Waals surface area contributed by atoms with Gasteiger partial charge in [-0.3, -0.25) is 0 Å². The summed E-state index contributed by atoms with van der Waals surface area (Å²) in [4.78, 5) is 17.5. The average molecular weight is 760 g/mol. The normalized spacial score (nSPS) is 39.1. The highest BCUT2D eigenvalue weighted by atomic mass is 17.0. The zero-order valence-corrected chi connectivity index (χ0v) is 34.5. The van der Waals surface area contributed by atoms with Gasteiger partial charge in [0.15, 0.2) is 12.4 Å². The molecule has 0 aromatic heterocycles. The summed E-state index contributed by atoms with van der Waals surface area (Å²) in [5.74, 6) is 5.54. The number of fused-ring (bicyclic) bond motifs is 5. The quantitative estimate of drug-likeness (QED) is 0.101. The molecule has 5 aliphatic rings. The van der Waals surface area contributed by atoms with E-state index in [2.05, 4.69) is 34.6 Å². The van der Waals surface area contributed by atoms with Gasteiger partial charge in [0.1, 0.15) is 12.2 Å². The van der Waals surface area contributed by atoms with E-state index in [1.54, 1.807) is 0 Å². The highest BCUT2D eigenvalue weighted by molar-refractivity contribution is 5.15. The minimum Gasteiger partial charge on any atom is -0.368 e. The molecular weight excluding hydrogens is 691 g/mol. The van der Waals surface area contributed by atoms with E-state index in [1.165, 1.54) is 57.8 Å². The summed E-state index contributed by atoms with van der Waals surface area (Å²) in [6, 6.07) is 19.8. The third-order valence-corrected chi connectivity index (χ3v) is 15.7. The lowest BCUT2D eigenvalue weighted by molar-refractivity contribution is -0.777. The maximum Gasteiger partial charge on any atom is 0.295 e. The van der Waals surface area contributed by atoms with Gasteiger partial charge in [-0.2, -0.15) is 0 Å². The largest absolute Gasteiger partial charge is 0.368 e. The van der Waals surface area contributed by atoms with Crippen LogP contribution in [0.1, 0.15) is 130 Å². The third kappa shape index (κ3) is 8.83. The van der Waals surface area contributed by atoms with Crippen molar-refractivity contribution in [1.29, 1.82) is 0 Å². The van der Waals surface area contributed by atoms with Crippen molar-refractivity contribution in [3.8, 4) is 0 Å². The first-order chi connectivity index (χ1) is 26.5. The van der Waals surface area contributed by atoms with E-state index in [1.807, 2.05) is 67.6 Å². The van der Waals surface area contributed by atoms with Crippen LogP contribution in [0.2, 0.25) is 0 Å². The molecule has 8 heteroatoms. The molecule has 0 N–H and O–H groups in total. The van der Waals surface area contributed by atoms with Gasteiger partial charge in [0.05, 0.1) is 25.4 Å². The van der Waals surface area contributed by atoms with Crippen LogP contribution in [0.15, 0.2) is 60.7 Å². The molecule has 2 aromatic rings. The Kier molecular flexibility index (Phi) is 13.0. The van der Waals surface area contributed by atoms with Crippen molar-refractivity contribution in [3.05, 3.63) is 81.9 Å². The van der Waals surface area contributed by atoms with Crippen molar-refractivity contribution in [1.82, 2.24) is 0 Å². The van der Waals surface area contributed by atoms with E-state index < -0.39 is 35.8 Å². The molecule has 1 aliphatic heterocycles. The summed E-state index contributed by atoms with van der Waals surface area (Å²) in [6.07, 6.45) is 11.4. The zero-order valence-electron chi connectivity index (χ0n) is 34.5. The Morgan fingerprint density at radius 2 is 1.42 bits per heavy atom. The molecular formula is C47H69NO7. The monoisotopic (exact) mass is 760 g/mol. The maximum atomic E-state index is 12.1. The summed E-state index contributed by atoms with van der Waals surface area (Å²) in [7, 11) is 0. The molecule has 1 unspecified atom stereocenters. The van der Waals surface area contributed by atoms with Gasteiger partial charge in [-0.25, -0.2) is 0 Å². The van der Waals surface area contributed by atoms with Crippen molar-refractivity contribution in [2.24, 2.45) is 52.3 Å². The van der Waals surface area contributed by atoms with Gasteiger partial charge in [0.2, 0.25) is 0 Å². The van der Waals surface area contributed by atoms with E-state index in [4.69, 9.17) is 23.8 Å². The third-order valence-electron chi connectivity index (χ3n) is 15.7. The van der Waals surface area contributed by atoms with E-state index in [0.29, 0.717) is 23.4 Å². The first-order valence-corrected chi connectivity index (χ1v) is 21.9. The fraction of sp³-hybridized carbons (Fsp3) is 0.745. The van der Waals surface area contributed by atoms with Gasteiger partial charge in [-0.15, -0.1) is 10.1 Å². The number of nitrogens with zero attached hydrogens (tertiary/aromatic N) is 1. The van der Waals surface area contributed by atoms with Crippen molar-refractivity contribution >= 4 is 0 Å². The predicted molar refractivity (Wildman–Crippen MR) is 214 cm³/mol. The molecule has 4 aliphatic carbocycles. The van der Waals surface area contributed by atoms with Crippen molar-refractivity contribution in [3.63, 3.8) is 0 Å². The van der Waals surface area contributed by atoms with Crippen LogP contribution in [0.3, 0.4) is 0 Å². The molecule has 4 saturated carbocycles. The van der Waals surface area contributed by atoms with E-state index in [9.17, 15) is 10.1 Å². The summed E-state index contributed by atoms with van der Waals surface area (Å²) in [5.41, 5.74) is 2.77. The fourth-order valence-corrected chi connectivity index (χ4v) is 12.8. The molecule has 0 spiro atoms. The lowest BCUT2D eigenvalue weighted by Gasteiger charge is -2.61. The first kappa shape index (κ1) is 40.7. The van der Waals surface area contributed by atoms with Crippen LogP contribution in [-0.4, -0.2) is 41.9 Å². The SMILES string of the molecule is CC(C)CCC[C@@H](C)[C@H]1CC[C@H]2[C@@H]3CCC4C[C@@H](O[C@H]5O[C@@H](C)[C@H](OCc6ccccc6)[C@@H](OCc6ccccc6)[C@H]5O[N+](=O)[O-])CC[C@]4(C)[C@H]3CC[C@]12C. The Labute approximate surface area is 330 Å². The van der Waals surface area contributed by atoms with Crippen molar-refractivity contribution in [2.75, 3.05) is 0 Å². The summed E-state index contributed by atoms with van der Waals surface area (Å²) in [5, 5.41) is 11.3. The number of hydrogen-bond donors (Lipinski definition) is 0. The Morgan fingerprint density at radius 1 is 0.782 bits per heavy atom. The number of rotatable bonds is 15. The maximum absolute atomic E-state index is 12.1. The Bertz CT molecular complexity index is 1520. The van der Waals surface area contributed by atoms with Crippen LogP contribution in [0.5, 0.6) is 0 Å². The molecule has 0 bridgehead atoms. The number of hydrogen-bond acceptors (Lipinski definition) is 7. The molecule has 0 amide bonds. The molecule has 304 valence electrons. The molecule has 2 aromatic carbocycles. The van der Waals surface area contributed by atoms with Gasteiger partial charge in [-0.05, 0) is 128 Å². The minimum absolute atomic E-state index is 0.0577. The lowest BCUT2D eigenvalue weighted by atomic mass is 9.44. The second kappa shape index (κ2) is 17.5. The standard InChI is InChI=1S/C47H69NO7/c1-31(2)14-13-15-32(3)39-22-23-40-38-21-20-36-28-37(24-26-46(36,5)41(38)25-27-47(39,40)6)54-45-44(55-48(49)50)43(52-30-35-18-11-8-12-19-35)42(33(4)53-45)51-29-34-16-9-7-10-17-34/h7-12,16-19,31-33,36-45H,13-15,20-30H2,1-6H3/t32-,33+,36?,37+,38+,39-,40+,41+,42+,43-,44-,45-,46+,47-/m1/s1. The van der Waals surface area contributed by atoms with E-state index in [-0.39, 0.29) is 12.7 Å². The highest BCUT2D eigenvalue weighted by Gasteiger charge is 2.61. The highest BCUT2D eigenvalue weighted by Crippen LogP contribution is 2.68. The van der Waals surface area contributed by atoms with Crippen LogP contribution in [0.4, 0.5) is 0 Å². The first-order valence-electron chi connectivity index (χ1n) is 21.9. The van der Waals surface area contributed by atoms with E-state index >= 15 is 0 Å². The summed E-state index contributed by atoms with van der Waals surface area (Å²) < 4.78 is 26.3. The zero-order chi connectivity index (χ0) is 38.7. The molecule has 1 heterocycles. The van der Waals surface area contributed by atoms with E-state index in [0.717, 1.165) is 65.9 Å². The van der Waals surface area contributed by atoms with Crippen molar-refractivity contribution in [2.45, 2.75) is 169 Å². The molecule has 55 heavy (non-hydrogen) atoms. The second-order valence-electron chi connectivity index (χ2n) is 19.2. The molecule has 7 rings (SSSR count). The Morgan fingerprint density at radius 3 is 2.07 bits per heavy atom. The van der Waals surface area contributed by atoms with Gasteiger partial charge < -0.3 is 23.8 Å². The molecule has 1 saturated heterocycles. The topological polar surface area (TPSA) is 89.3 Å². The lowest BCUT2D eigenvalue weighted by Crippen LogP contribution is -2.61. The van der Waals surface area contributed by atoms with Gasteiger partial charge >= 0.3 is 0 Å². The smallest absolute Gasteiger partial charge is 0.295 e. The summed E-state index contributed by atoms with van der Waals surface area (Å²) >= 11 is 0. The predicted octanol–water partition coefficient (Wildman–Crippen LogP) is 11.0. The fourth-order valence-electron chi connectivity index (χ4n) is 12.8. The average Bonchev–Trinajstić information content (AvgIpc) is 3.52. The van der Waals surface area contributed by atoms with Gasteiger partial charge in [-0.1, -0.05) is 115 Å². The Balaban J connectivity index is 1.02. The van der Waals surface area contributed by atoms with Crippen LogP contribution < -0.4 is 0 Å². The minimum atomic E-state index is -1.10. The van der Waals surface area contributed by atoms with Crippen LogP contribution >= 0.6 is 0 Å². The molecule has 8 nitrogen and oxygen atoms in total. The van der Waals surface area contributed by atoms with Crippen LogP contribution in [-0.2, 0) is 37.0 Å². The van der Waals surface area contributed by atoms with Gasteiger partial charge in [0, 0.05) is 0 Å². The number of benzene rings is 2. The van der Waals surface area contributed by atoms with Crippen LogP contribution in [0.25, 0.3) is 0 Å². The molecule has 5 fully saturated rings. The van der Waals surface area contributed by atoms with Gasteiger partial charge in [0.25, 0.3) is 5.09 Å². The second-order valence-corrected chi connectivity index (χ2v) is 19.2. The van der Waals surface area contributed by atoms with Crippen LogP contribution in [0, 0.1) is 62.4 Å². The molecule has 0 radical (unpaired) electrons. The Hall–Kier alpha value is -2.52.